The van der Waals surface area contributed by atoms with Crippen LogP contribution in [0, 0.1) is 19.8 Å². The monoisotopic (exact) mass is 305 g/mol. The van der Waals surface area contributed by atoms with Gasteiger partial charge in [0, 0.05) is 25.2 Å². The average molecular weight is 305 g/mol. The first-order valence-corrected chi connectivity index (χ1v) is 7.99. The lowest BCUT2D eigenvalue weighted by Crippen LogP contribution is -2.41. The Morgan fingerprint density at radius 2 is 2.14 bits per heavy atom. The molecule has 0 saturated carbocycles. The van der Waals surface area contributed by atoms with E-state index in [0.29, 0.717) is 12.5 Å². The number of hydrogen-bond acceptors (Lipinski definition) is 3. The van der Waals surface area contributed by atoms with Gasteiger partial charge in [-0.25, -0.2) is 4.79 Å². The molecule has 0 aromatic carbocycles. The molecule has 5 nitrogen and oxygen atoms in total. The number of aryl methyl sites for hydroxylation is 2. The molecule has 2 amide bonds. The minimum absolute atomic E-state index is 0.105. The minimum atomic E-state index is -0.105. The van der Waals surface area contributed by atoms with Crippen LogP contribution in [-0.4, -0.2) is 37.1 Å². The van der Waals surface area contributed by atoms with Gasteiger partial charge in [0.15, 0.2) is 0 Å². The van der Waals surface area contributed by atoms with Crippen molar-refractivity contribution >= 4 is 6.03 Å². The highest BCUT2D eigenvalue weighted by atomic mass is 16.3. The number of amides is 2. The van der Waals surface area contributed by atoms with Crippen molar-refractivity contribution in [1.29, 1.82) is 0 Å². The quantitative estimate of drug-likeness (QED) is 0.794. The van der Waals surface area contributed by atoms with E-state index in [1.54, 1.807) is 6.08 Å². The summed E-state index contributed by atoms with van der Waals surface area (Å²) in [5.74, 6) is 2.58. The number of furan rings is 1. The fourth-order valence-electron chi connectivity index (χ4n) is 2.89. The van der Waals surface area contributed by atoms with Crippen molar-refractivity contribution < 1.29 is 9.21 Å². The molecule has 0 bridgehead atoms. The van der Waals surface area contributed by atoms with Crippen LogP contribution >= 0.6 is 0 Å². The van der Waals surface area contributed by atoms with E-state index in [1.165, 1.54) is 5.56 Å². The SMILES string of the molecule is C=CCNC(=O)NCC1CCN(Cc2cc(C)oc2C)CC1. The van der Waals surface area contributed by atoms with Crippen molar-refractivity contribution in [2.45, 2.75) is 33.2 Å². The summed E-state index contributed by atoms with van der Waals surface area (Å²) in [5.41, 5.74) is 1.29. The van der Waals surface area contributed by atoms with Crippen molar-refractivity contribution in [3.05, 3.63) is 35.8 Å². The van der Waals surface area contributed by atoms with Crippen LogP contribution in [0.1, 0.15) is 29.9 Å². The van der Waals surface area contributed by atoms with Gasteiger partial charge in [0.25, 0.3) is 0 Å². The van der Waals surface area contributed by atoms with Crippen LogP contribution < -0.4 is 10.6 Å². The van der Waals surface area contributed by atoms with Crippen LogP contribution in [0.4, 0.5) is 4.79 Å². The van der Waals surface area contributed by atoms with Crippen molar-refractivity contribution in [2.75, 3.05) is 26.2 Å². The molecule has 1 fully saturated rings. The van der Waals surface area contributed by atoms with Gasteiger partial charge in [-0.05, 0) is 51.8 Å². The van der Waals surface area contributed by atoms with Crippen LogP contribution in [0.2, 0.25) is 0 Å². The summed E-state index contributed by atoms with van der Waals surface area (Å²) in [6.07, 6.45) is 3.92. The summed E-state index contributed by atoms with van der Waals surface area (Å²) < 4.78 is 5.59. The predicted molar refractivity (Wildman–Crippen MR) is 87.8 cm³/mol. The molecule has 1 aromatic heterocycles. The van der Waals surface area contributed by atoms with Gasteiger partial charge in [-0.3, -0.25) is 4.90 Å². The van der Waals surface area contributed by atoms with Gasteiger partial charge in [-0.15, -0.1) is 6.58 Å². The second kappa shape index (κ2) is 8.03. The Bertz CT molecular complexity index is 502. The van der Waals surface area contributed by atoms with E-state index >= 15 is 0 Å². The van der Waals surface area contributed by atoms with Crippen molar-refractivity contribution in [3.63, 3.8) is 0 Å². The zero-order valence-corrected chi connectivity index (χ0v) is 13.7. The molecule has 122 valence electrons. The molecule has 5 heteroatoms. The summed E-state index contributed by atoms with van der Waals surface area (Å²) in [6, 6.07) is 2.03. The summed E-state index contributed by atoms with van der Waals surface area (Å²) in [6.45, 7) is 12.0. The number of urea groups is 1. The zero-order chi connectivity index (χ0) is 15.9. The molecular weight excluding hydrogens is 278 g/mol. The summed E-state index contributed by atoms with van der Waals surface area (Å²) in [4.78, 5) is 14.0. The van der Waals surface area contributed by atoms with Gasteiger partial charge in [0.05, 0.1) is 0 Å². The highest BCUT2D eigenvalue weighted by Crippen LogP contribution is 2.21. The third-order valence-corrected chi connectivity index (χ3v) is 4.20. The van der Waals surface area contributed by atoms with Gasteiger partial charge in [0.1, 0.15) is 11.5 Å². The van der Waals surface area contributed by atoms with E-state index < -0.39 is 0 Å². The molecule has 1 saturated heterocycles. The van der Waals surface area contributed by atoms with Crippen LogP contribution in [0.25, 0.3) is 0 Å². The highest BCUT2D eigenvalue weighted by Gasteiger charge is 2.20. The molecule has 0 atom stereocenters. The normalized spacial score (nSPS) is 16.5. The molecule has 1 aliphatic rings. The largest absolute Gasteiger partial charge is 0.466 e. The molecule has 0 spiro atoms. The molecule has 0 radical (unpaired) electrons. The van der Waals surface area contributed by atoms with Gasteiger partial charge >= 0.3 is 6.03 Å². The Morgan fingerprint density at radius 3 is 2.73 bits per heavy atom. The van der Waals surface area contributed by atoms with Crippen molar-refractivity contribution in [1.82, 2.24) is 15.5 Å². The van der Waals surface area contributed by atoms with E-state index in [-0.39, 0.29) is 6.03 Å². The highest BCUT2D eigenvalue weighted by molar-refractivity contribution is 5.73. The van der Waals surface area contributed by atoms with Crippen LogP contribution in [0.3, 0.4) is 0 Å². The first-order valence-electron chi connectivity index (χ1n) is 7.99. The van der Waals surface area contributed by atoms with Crippen LogP contribution in [-0.2, 0) is 6.54 Å². The predicted octanol–water partition coefficient (Wildman–Crippen LogP) is 2.59. The Labute approximate surface area is 132 Å². The van der Waals surface area contributed by atoms with E-state index in [1.807, 2.05) is 13.8 Å². The zero-order valence-electron chi connectivity index (χ0n) is 13.7. The number of carbonyl (C=O) groups is 1. The van der Waals surface area contributed by atoms with Crippen molar-refractivity contribution in [2.24, 2.45) is 5.92 Å². The number of nitrogens with zero attached hydrogens (tertiary/aromatic N) is 1. The third-order valence-electron chi connectivity index (χ3n) is 4.20. The second-order valence-electron chi connectivity index (χ2n) is 6.04. The molecule has 22 heavy (non-hydrogen) atoms. The lowest BCUT2D eigenvalue weighted by molar-refractivity contribution is 0.174. The number of rotatable bonds is 6. The number of likely N-dealkylation sites (tertiary alicyclic amines) is 1. The van der Waals surface area contributed by atoms with Gasteiger partial charge in [-0.2, -0.15) is 0 Å². The molecule has 1 aliphatic heterocycles. The minimum Gasteiger partial charge on any atom is -0.466 e. The number of nitrogens with one attached hydrogen (secondary N) is 2. The molecule has 2 rings (SSSR count). The maximum Gasteiger partial charge on any atom is 0.315 e. The Kier molecular flexibility index (Phi) is 6.07. The lowest BCUT2D eigenvalue weighted by Gasteiger charge is -2.31. The maximum atomic E-state index is 11.5. The van der Waals surface area contributed by atoms with E-state index in [2.05, 4.69) is 28.2 Å². The fourth-order valence-corrected chi connectivity index (χ4v) is 2.89. The topological polar surface area (TPSA) is 57.5 Å². The molecule has 1 aromatic rings. The fraction of sp³-hybridized carbons (Fsp3) is 0.588. The smallest absolute Gasteiger partial charge is 0.315 e. The van der Waals surface area contributed by atoms with Gasteiger partial charge < -0.3 is 15.1 Å². The van der Waals surface area contributed by atoms with Crippen molar-refractivity contribution in [3.8, 4) is 0 Å². The Hall–Kier alpha value is -1.75. The average Bonchev–Trinajstić information content (AvgIpc) is 2.82. The standard InChI is InChI=1S/C17H27N3O2/c1-4-7-18-17(21)19-11-15-5-8-20(9-6-15)12-16-10-13(2)22-14(16)3/h4,10,15H,1,5-9,11-12H2,2-3H3,(H2,18,19,21). The summed E-state index contributed by atoms with van der Waals surface area (Å²) in [5, 5.41) is 5.67. The summed E-state index contributed by atoms with van der Waals surface area (Å²) in [7, 11) is 0. The number of piperidine rings is 1. The van der Waals surface area contributed by atoms with E-state index in [4.69, 9.17) is 4.42 Å². The van der Waals surface area contributed by atoms with Crippen LogP contribution in [0.5, 0.6) is 0 Å². The van der Waals surface area contributed by atoms with E-state index in [0.717, 1.165) is 50.5 Å². The van der Waals surface area contributed by atoms with E-state index in [9.17, 15) is 4.79 Å². The lowest BCUT2D eigenvalue weighted by atomic mass is 9.96. The summed E-state index contributed by atoms with van der Waals surface area (Å²) >= 11 is 0. The molecule has 2 N–H and O–H groups in total. The Balaban J connectivity index is 1.68. The number of carbonyl (C=O) groups excluding carboxylic acids is 1. The molecule has 0 aliphatic carbocycles. The van der Waals surface area contributed by atoms with Gasteiger partial charge in [-0.1, -0.05) is 6.08 Å². The first-order chi connectivity index (χ1) is 10.6. The second-order valence-corrected chi connectivity index (χ2v) is 6.04. The molecular formula is C17H27N3O2. The maximum absolute atomic E-state index is 11.5. The molecule has 2 heterocycles. The van der Waals surface area contributed by atoms with Gasteiger partial charge in [0.2, 0.25) is 0 Å². The third kappa shape index (κ3) is 4.91. The molecule has 0 unspecified atom stereocenters. The number of hydrogen-bond donors (Lipinski definition) is 2. The Morgan fingerprint density at radius 1 is 1.41 bits per heavy atom. The first kappa shape index (κ1) is 16.6. The van der Waals surface area contributed by atoms with Crippen LogP contribution in [0.15, 0.2) is 23.1 Å².